The van der Waals surface area contributed by atoms with E-state index in [1.807, 2.05) is 66.8 Å². The molecular weight excluding hydrogens is 535 g/mol. The normalized spacial score (nSPS) is 18.4. The summed E-state index contributed by atoms with van der Waals surface area (Å²) >= 11 is 0.146. The van der Waals surface area contributed by atoms with Gasteiger partial charge in [-0.3, -0.25) is 0 Å². The van der Waals surface area contributed by atoms with Gasteiger partial charge >= 0.3 is 233 Å². The molecule has 9 heteroatoms. The molecule has 6 rings (SSSR count). The van der Waals surface area contributed by atoms with E-state index >= 15 is 0 Å². The number of benzene rings is 1. The summed E-state index contributed by atoms with van der Waals surface area (Å²) in [6.07, 6.45) is 21.9. The van der Waals surface area contributed by atoms with E-state index in [2.05, 4.69) is 11.1 Å². The Morgan fingerprint density at radius 1 is 0.513 bits per heavy atom. The second-order valence-electron chi connectivity index (χ2n) is 8.63. The molecule has 0 radical (unpaired) electrons. The Morgan fingerprint density at radius 3 is 1.59 bits per heavy atom. The molecule has 39 heavy (non-hydrogen) atoms. The fourth-order valence-electron chi connectivity index (χ4n) is 4.41. The number of ether oxygens (including phenoxy) is 4. The van der Waals surface area contributed by atoms with Crippen LogP contribution in [0, 0.1) is 0 Å². The van der Waals surface area contributed by atoms with Crippen LogP contribution in [0.4, 0.5) is 0 Å². The third-order valence-corrected chi connectivity index (χ3v) is 7.68. The Hall–Kier alpha value is -4.46. The van der Waals surface area contributed by atoms with E-state index in [1.54, 1.807) is 28.4 Å². The summed E-state index contributed by atoms with van der Waals surface area (Å²) in [5.74, 6) is 2.12. The van der Waals surface area contributed by atoms with Gasteiger partial charge in [0, 0.05) is 0 Å². The third-order valence-electron chi connectivity index (χ3n) is 6.14. The number of nitrogens with zero attached hydrogens (tertiary/aromatic N) is 4. The van der Waals surface area contributed by atoms with Crippen LogP contribution in [-0.2, 0) is 15.0 Å². The second-order valence-corrected chi connectivity index (χ2v) is 10.2. The molecule has 0 N–H and O–H groups in total. The Bertz CT molecular complexity index is 1660. The van der Waals surface area contributed by atoms with Gasteiger partial charge in [0.2, 0.25) is 0 Å². The molecule has 0 unspecified atom stereocenters. The SMILES string of the molecule is COc1c[c]([Mn][C]2=CC3=CC4=NC(=CC5=NC(=CC6=NC(=CC2=N3)C=C6)C=C5)C=C4)c(OC)c(OC)c1OC. The van der Waals surface area contributed by atoms with Crippen LogP contribution in [0.2, 0.25) is 0 Å². The van der Waals surface area contributed by atoms with Gasteiger partial charge in [0.1, 0.15) is 0 Å². The summed E-state index contributed by atoms with van der Waals surface area (Å²) < 4.78 is 24.5. The molecule has 195 valence electrons. The van der Waals surface area contributed by atoms with Crippen LogP contribution in [0.3, 0.4) is 0 Å². The van der Waals surface area contributed by atoms with E-state index in [9.17, 15) is 0 Å². The molecule has 0 saturated heterocycles. The summed E-state index contributed by atoms with van der Waals surface area (Å²) in [4.78, 5) is 19.1. The zero-order chi connectivity index (χ0) is 26.9. The first kappa shape index (κ1) is 24.9. The summed E-state index contributed by atoms with van der Waals surface area (Å²) in [6.45, 7) is 0. The average Bonchev–Trinajstić information content (AvgIpc) is 3.74. The molecule has 5 aliphatic heterocycles. The molecule has 0 amide bonds. The van der Waals surface area contributed by atoms with Crippen molar-refractivity contribution >= 4 is 27.3 Å². The fourth-order valence-corrected chi connectivity index (χ4v) is 5.94. The van der Waals surface area contributed by atoms with Crippen LogP contribution in [-0.4, -0.2) is 51.3 Å². The van der Waals surface area contributed by atoms with Crippen molar-refractivity contribution in [3.05, 3.63) is 100 Å². The molecule has 5 heterocycles. The number of methoxy groups -OCH3 is 4. The molecule has 0 atom stereocenters. The van der Waals surface area contributed by atoms with Crippen molar-refractivity contribution in [3.63, 3.8) is 0 Å². The monoisotopic (exact) mass is 559 g/mol. The van der Waals surface area contributed by atoms with Crippen molar-refractivity contribution < 1.29 is 33.9 Å². The summed E-state index contributed by atoms with van der Waals surface area (Å²) in [7, 11) is 6.38. The Balaban J connectivity index is 1.45. The Labute approximate surface area is 232 Å². The van der Waals surface area contributed by atoms with E-state index < -0.39 is 0 Å². The van der Waals surface area contributed by atoms with Gasteiger partial charge in [-0.25, -0.2) is 0 Å². The van der Waals surface area contributed by atoms with Crippen LogP contribution < -0.4 is 23.4 Å². The van der Waals surface area contributed by atoms with Gasteiger partial charge in [0.05, 0.1) is 0 Å². The quantitative estimate of drug-likeness (QED) is 0.485. The average molecular weight is 559 g/mol. The number of fused-ring (bicyclic) bond motifs is 4. The topological polar surface area (TPSA) is 86.4 Å². The van der Waals surface area contributed by atoms with Gasteiger partial charge in [-0.05, 0) is 0 Å². The van der Waals surface area contributed by atoms with E-state index in [1.165, 1.54) is 0 Å². The molecule has 8 nitrogen and oxygen atoms in total. The molecule has 8 bridgehead atoms. The summed E-state index contributed by atoms with van der Waals surface area (Å²) in [5.41, 5.74) is 6.64. The van der Waals surface area contributed by atoms with Crippen molar-refractivity contribution in [1.29, 1.82) is 0 Å². The molecule has 0 aromatic heterocycles. The van der Waals surface area contributed by atoms with E-state index in [0.29, 0.717) is 23.0 Å². The molecule has 0 spiro atoms. The van der Waals surface area contributed by atoms with E-state index in [0.717, 1.165) is 54.6 Å². The molecule has 5 aliphatic rings. The standard InChI is InChI=1S/C20H11N4.C10H13O4.Mn/c1-2-14-10-16-5-6-18(23-16)12-20-8-7-19(24-20)11-17-4-3-15(22-17)9-13(1)21-14;1-11-7-5-6-8(12-2)10(14-4)9(7)13-3;/h1-7,9-12H;5H,1-4H3;. The molecule has 0 saturated carbocycles. The Kier molecular flexibility index (Phi) is 6.60. The minimum absolute atomic E-state index is 0.146. The van der Waals surface area contributed by atoms with Crippen LogP contribution in [0.1, 0.15) is 0 Å². The molecule has 1 aromatic carbocycles. The van der Waals surface area contributed by atoms with Gasteiger partial charge in [-0.15, -0.1) is 0 Å². The number of hydrogen-bond acceptors (Lipinski definition) is 8. The van der Waals surface area contributed by atoms with Gasteiger partial charge in [-0.1, -0.05) is 0 Å². The summed E-state index contributed by atoms with van der Waals surface area (Å²) in [6, 6.07) is 1.92. The van der Waals surface area contributed by atoms with Crippen molar-refractivity contribution in [3.8, 4) is 23.0 Å². The zero-order valence-electron chi connectivity index (χ0n) is 21.7. The number of allylic oxidation sites excluding steroid dienone is 12. The van der Waals surface area contributed by atoms with Gasteiger partial charge in [0.25, 0.3) is 0 Å². The van der Waals surface area contributed by atoms with Crippen LogP contribution in [0.25, 0.3) is 0 Å². The van der Waals surface area contributed by atoms with Crippen molar-refractivity contribution in [1.82, 2.24) is 0 Å². The second kappa shape index (κ2) is 10.4. The summed E-state index contributed by atoms with van der Waals surface area (Å²) in [5, 5.41) is 0. The van der Waals surface area contributed by atoms with Crippen LogP contribution in [0.15, 0.2) is 120 Å². The molecular formula is C30H24MnN4O4. The third kappa shape index (κ3) is 4.90. The van der Waals surface area contributed by atoms with Crippen molar-refractivity contribution in [2.75, 3.05) is 28.4 Å². The molecule has 1 aromatic rings. The first-order valence-corrected chi connectivity index (χ1v) is 13.2. The predicted octanol–water partition coefficient (Wildman–Crippen LogP) is 4.35. The number of hydrogen-bond donors (Lipinski definition) is 0. The van der Waals surface area contributed by atoms with Gasteiger partial charge in [-0.2, -0.15) is 0 Å². The van der Waals surface area contributed by atoms with E-state index in [4.69, 9.17) is 33.9 Å². The fraction of sp³-hybridized carbons (Fsp3) is 0.133. The van der Waals surface area contributed by atoms with Crippen molar-refractivity contribution in [2.24, 2.45) is 20.0 Å². The number of aliphatic imine (C=N–C) groups is 4. The minimum atomic E-state index is 0.146. The van der Waals surface area contributed by atoms with Gasteiger partial charge in [0.15, 0.2) is 0 Å². The number of rotatable bonds is 6. The Morgan fingerprint density at radius 2 is 1.05 bits per heavy atom. The van der Waals surface area contributed by atoms with Crippen LogP contribution >= 0.6 is 0 Å². The first-order chi connectivity index (χ1) is 19.1. The molecule has 0 fully saturated rings. The zero-order valence-corrected chi connectivity index (χ0v) is 22.9. The van der Waals surface area contributed by atoms with Crippen molar-refractivity contribution in [2.45, 2.75) is 0 Å². The maximum atomic E-state index is 5.78. The predicted molar refractivity (Wildman–Crippen MR) is 150 cm³/mol. The van der Waals surface area contributed by atoms with Crippen LogP contribution in [0.5, 0.6) is 23.0 Å². The maximum absolute atomic E-state index is 5.78. The molecule has 0 aliphatic carbocycles. The first-order valence-electron chi connectivity index (χ1n) is 12.1. The van der Waals surface area contributed by atoms with E-state index in [-0.39, 0.29) is 15.0 Å². The van der Waals surface area contributed by atoms with Gasteiger partial charge < -0.3 is 0 Å².